The highest BCUT2D eigenvalue weighted by atomic mass is 32.2. The molecule has 0 aliphatic carbocycles. The van der Waals surface area contributed by atoms with Crippen LogP contribution in [-0.4, -0.2) is 25.9 Å². The molecule has 0 aliphatic heterocycles. The van der Waals surface area contributed by atoms with Crippen LogP contribution in [0.15, 0.2) is 0 Å². The van der Waals surface area contributed by atoms with Crippen molar-refractivity contribution in [2.45, 2.75) is 58.0 Å². The summed E-state index contributed by atoms with van der Waals surface area (Å²) in [5.41, 5.74) is 0. The highest BCUT2D eigenvalue weighted by Gasteiger charge is 2.37. The van der Waals surface area contributed by atoms with Crippen LogP contribution in [-0.2, 0) is 4.43 Å². The van der Waals surface area contributed by atoms with E-state index in [0.717, 1.165) is 6.61 Å². The standard InChI is InChI=1S/C11H26OSSi/c1-8-13-10(2)9-12-14(6,7)11(3,4)5/h10H,8-9H2,1-7H3/t10-/m0/s1. The van der Waals surface area contributed by atoms with Crippen molar-refractivity contribution in [1.82, 2.24) is 0 Å². The van der Waals surface area contributed by atoms with E-state index in [9.17, 15) is 0 Å². The summed E-state index contributed by atoms with van der Waals surface area (Å²) < 4.78 is 6.13. The molecule has 0 saturated heterocycles. The van der Waals surface area contributed by atoms with E-state index >= 15 is 0 Å². The van der Waals surface area contributed by atoms with Gasteiger partial charge in [0.05, 0.1) is 0 Å². The second-order valence-corrected chi connectivity index (χ2v) is 11.9. The average Bonchev–Trinajstić information content (AvgIpc) is 1.99. The van der Waals surface area contributed by atoms with Crippen LogP contribution in [0, 0.1) is 0 Å². The zero-order valence-electron chi connectivity index (χ0n) is 10.8. The molecule has 3 heteroatoms. The quantitative estimate of drug-likeness (QED) is 0.661. The Kier molecular flexibility index (Phi) is 5.78. The lowest BCUT2D eigenvalue weighted by Crippen LogP contribution is -2.42. The molecule has 0 aliphatic rings. The molecule has 0 bridgehead atoms. The monoisotopic (exact) mass is 234 g/mol. The van der Waals surface area contributed by atoms with Crippen LogP contribution in [0.5, 0.6) is 0 Å². The van der Waals surface area contributed by atoms with Crippen molar-refractivity contribution < 1.29 is 4.43 Å². The maximum Gasteiger partial charge on any atom is 0.192 e. The highest BCUT2D eigenvalue weighted by Crippen LogP contribution is 2.36. The van der Waals surface area contributed by atoms with E-state index in [-0.39, 0.29) is 0 Å². The lowest BCUT2D eigenvalue weighted by atomic mass is 10.2. The fraction of sp³-hybridized carbons (Fsp3) is 1.00. The minimum absolute atomic E-state index is 0.337. The molecule has 0 heterocycles. The molecule has 0 spiro atoms. The smallest absolute Gasteiger partial charge is 0.192 e. The summed E-state index contributed by atoms with van der Waals surface area (Å²) in [6, 6.07) is 0. The Labute approximate surface area is 95.1 Å². The molecule has 0 unspecified atom stereocenters. The van der Waals surface area contributed by atoms with E-state index < -0.39 is 8.32 Å². The third-order valence-corrected chi connectivity index (χ3v) is 8.48. The maximum atomic E-state index is 6.13. The number of hydrogen-bond donors (Lipinski definition) is 0. The van der Waals surface area contributed by atoms with E-state index in [2.05, 4.69) is 47.7 Å². The molecular weight excluding hydrogens is 208 g/mol. The molecule has 1 atom stereocenters. The first-order valence-electron chi connectivity index (χ1n) is 5.46. The van der Waals surface area contributed by atoms with Gasteiger partial charge < -0.3 is 4.43 Å². The van der Waals surface area contributed by atoms with Crippen molar-refractivity contribution in [2.24, 2.45) is 0 Å². The van der Waals surface area contributed by atoms with E-state index in [1.807, 2.05) is 11.8 Å². The Bertz CT molecular complexity index is 163. The van der Waals surface area contributed by atoms with E-state index in [4.69, 9.17) is 4.43 Å². The van der Waals surface area contributed by atoms with E-state index in [1.165, 1.54) is 5.75 Å². The van der Waals surface area contributed by atoms with Crippen LogP contribution in [0.2, 0.25) is 18.1 Å². The SMILES string of the molecule is CCS[C@@H](C)CO[Si](C)(C)C(C)(C)C. The molecular formula is C11H26OSSi. The lowest BCUT2D eigenvalue weighted by Gasteiger charge is -2.36. The second-order valence-electron chi connectivity index (χ2n) is 5.34. The molecule has 86 valence electrons. The zero-order valence-corrected chi connectivity index (χ0v) is 12.6. The molecule has 0 aromatic heterocycles. The molecule has 0 aromatic carbocycles. The Morgan fingerprint density at radius 3 is 2.14 bits per heavy atom. The minimum atomic E-state index is -1.51. The van der Waals surface area contributed by atoms with Crippen molar-refractivity contribution in [3.63, 3.8) is 0 Å². The van der Waals surface area contributed by atoms with Gasteiger partial charge >= 0.3 is 0 Å². The number of rotatable bonds is 5. The summed E-state index contributed by atoms with van der Waals surface area (Å²) in [5, 5.41) is 0.970. The first-order valence-corrected chi connectivity index (χ1v) is 9.42. The summed E-state index contributed by atoms with van der Waals surface area (Å²) in [6.07, 6.45) is 0. The number of thioether (sulfide) groups is 1. The van der Waals surface area contributed by atoms with Crippen molar-refractivity contribution >= 4 is 20.1 Å². The zero-order chi connectivity index (χ0) is 11.4. The first-order chi connectivity index (χ1) is 6.20. The molecule has 0 radical (unpaired) electrons. The van der Waals surface area contributed by atoms with E-state index in [0.29, 0.717) is 10.3 Å². The molecule has 14 heavy (non-hydrogen) atoms. The Morgan fingerprint density at radius 1 is 1.29 bits per heavy atom. The third kappa shape index (κ3) is 4.85. The molecule has 0 N–H and O–H groups in total. The number of hydrogen-bond acceptors (Lipinski definition) is 2. The van der Waals surface area contributed by atoms with Gasteiger partial charge in [-0.1, -0.05) is 34.6 Å². The maximum absolute atomic E-state index is 6.13. The normalized spacial score (nSPS) is 15.6. The third-order valence-electron chi connectivity index (χ3n) is 2.94. The second kappa shape index (κ2) is 5.57. The molecule has 0 saturated carbocycles. The summed E-state index contributed by atoms with van der Waals surface area (Å²) >= 11 is 1.98. The van der Waals surface area contributed by atoms with Gasteiger partial charge in [-0.25, -0.2) is 0 Å². The van der Waals surface area contributed by atoms with Crippen LogP contribution in [0.3, 0.4) is 0 Å². The first kappa shape index (κ1) is 14.5. The molecule has 1 nitrogen and oxygen atoms in total. The lowest BCUT2D eigenvalue weighted by molar-refractivity contribution is 0.292. The van der Waals surface area contributed by atoms with Crippen LogP contribution < -0.4 is 0 Å². The van der Waals surface area contributed by atoms with Gasteiger partial charge in [-0.3, -0.25) is 0 Å². The fourth-order valence-electron chi connectivity index (χ4n) is 0.875. The van der Waals surface area contributed by atoms with E-state index in [1.54, 1.807) is 0 Å². The molecule has 0 rings (SSSR count). The summed E-state index contributed by atoms with van der Waals surface area (Å²) in [5.74, 6) is 1.18. The van der Waals surface area contributed by atoms with Crippen molar-refractivity contribution in [3.8, 4) is 0 Å². The van der Waals surface area contributed by atoms with Crippen molar-refractivity contribution in [1.29, 1.82) is 0 Å². The topological polar surface area (TPSA) is 9.23 Å². The van der Waals surface area contributed by atoms with Crippen LogP contribution >= 0.6 is 11.8 Å². The molecule has 0 amide bonds. The Hall–Kier alpha value is 0.527. The van der Waals surface area contributed by atoms with Gasteiger partial charge in [0.1, 0.15) is 0 Å². The average molecular weight is 234 g/mol. The van der Waals surface area contributed by atoms with Gasteiger partial charge in [-0.05, 0) is 23.9 Å². The van der Waals surface area contributed by atoms with Crippen LogP contribution in [0.1, 0.15) is 34.6 Å². The van der Waals surface area contributed by atoms with Gasteiger partial charge in [-0.2, -0.15) is 11.8 Å². The summed E-state index contributed by atoms with van der Waals surface area (Å²) in [7, 11) is -1.51. The van der Waals surface area contributed by atoms with Gasteiger partial charge in [0, 0.05) is 11.9 Å². The summed E-state index contributed by atoms with van der Waals surface area (Å²) in [4.78, 5) is 0. The Balaban J connectivity index is 3.99. The minimum Gasteiger partial charge on any atom is -0.416 e. The van der Waals surface area contributed by atoms with Crippen molar-refractivity contribution in [3.05, 3.63) is 0 Å². The summed E-state index contributed by atoms with van der Waals surface area (Å²) in [6.45, 7) is 16.9. The van der Waals surface area contributed by atoms with Gasteiger partial charge in [0.15, 0.2) is 8.32 Å². The fourth-order valence-corrected chi connectivity index (χ4v) is 2.83. The predicted molar refractivity (Wildman–Crippen MR) is 70.7 cm³/mol. The molecule has 0 fully saturated rings. The van der Waals surface area contributed by atoms with Gasteiger partial charge in [-0.15, -0.1) is 0 Å². The predicted octanol–water partition coefficient (Wildman–Crippen LogP) is 4.15. The van der Waals surface area contributed by atoms with Gasteiger partial charge in [0.25, 0.3) is 0 Å². The largest absolute Gasteiger partial charge is 0.416 e. The molecule has 0 aromatic rings. The Morgan fingerprint density at radius 2 is 1.79 bits per heavy atom. The van der Waals surface area contributed by atoms with Crippen LogP contribution in [0.25, 0.3) is 0 Å². The van der Waals surface area contributed by atoms with Crippen molar-refractivity contribution in [2.75, 3.05) is 12.4 Å². The van der Waals surface area contributed by atoms with Crippen LogP contribution in [0.4, 0.5) is 0 Å². The van der Waals surface area contributed by atoms with Gasteiger partial charge in [0.2, 0.25) is 0 Å². The highest BCUT2D eigenvalue weighted by molar-refractivity contribution is 7.99.